The van der Waals surface area contributed by atoms with E-state index >= 15 is 0 Å². The fourth-order valence-corrected chi connectivity index (χ4v) is 4.20. The Bertz CT molecular complexity index is 701. The summed E-state index contributed by atoms with van der Waals surface area (Å²) in [5.74, 6) is 3.16. The van der Waals surface area contributed by atoms with Gasteiger partial charge in [0.15, 0.2) is 17.5 Å². The molecule has 7 heteroatoms. The number of aliphatic imine (C=N–C) groups is 1. The zero-order chi connectivity index (χ0) is 20.8. The van der Waals surface area contributed by atoms with Gasteiger partial charge in [0.25, 0.3) is 0 Å². The van der Waals surface area contributed by atoms with Crippen molar-refractivity contribution in [2.45, 2.75) is 19.9 Å². The van der Waals surface area contributed by atoms with Crippen LogP contribution in [0.5, 0.6) is 11.5 Å². The Morgan fingerprint density at radius 3 is 2.34 bits per heavy atom. The number of piperazine rings is 1. The zero-order valence-corrected chi connectivity index (χ0v) is 18.7. The van der Waals surface area contributed by atoms with Crippen LogP contribution in [0.15, 0.2) is 17.1 Å². The Morgan fingerprint density at radius 2 is 1.72 bits per heavy atom. The van der Waals surface area contributed by atoms with E-state index in [0.29, 0.717) is 5.92 Å². The molecule has 1 fully saturated rings. The van der Waals surface area contributed by atoms with Crippen molar-refractivity contribution in [1.82, 2.24) is 20.0 Å². The van der Waals surface area contributed by atoms with Crippen molar-refractivity contribution >= 4 is 5.96 Å². The normalized spacial score (nSPS) is 19.6. The highest BCUT2D eigenvalue weighted by molar-refractivity contribution is 5.80. The lowest BCUT2D eigenvalue weighted by molar-refractivity contribution is 0.139. The van der Waals surface area contributed by atoms with Crippen molar-refractivity contribution in [3.05, 3.63) is 23.3 Å². The van der Waals surface area contributed by atoms with Gasteiger partial charge in [0.05, 0.1) is 14.2 Å². The summed E-state index contributed by atoms with van der Waals surface area (Å²) in [5.41, 5.74) is 2.61. The molecule has 0 aromatic heterocycles. The molecule has 0 bridgehead atoms. The Morgan fingerprint density at radius 1 is 1.07 bits per heavy atom. The monoisotopic (exact) mass is 403 g/mol. The predicted octanol–water partition coefficient (Wildman–Crippen LogP) is 1.52. The number of ether oxygens (including phenoxy) is 2. The van der Waals surface area contributed by atoms with Crippen LogP contribution in [0.2, 0.25) is 0 Å². The molecule has 0 radical (unpaired) electrons. The zero-order valence-electron chi connectivity index (χ0n) is 18.7. The van der Waals surface area contributed by atoms with E-state index in [-0.39, 0.29) is 0 Å². The van der Waals surface area contributed by atoms with Crippen molar-refractivity contribution in [2.75, 3.05) is 74.1 Å². The molecule has 1 unspecified atom stereocenters. The third-order valence-electron chi connectivity index (χ3n) is 6.00. The second kappa shape index (κ2) is 10.2. The van der Waals surface area contributed by atoms with Gasteiger partial charge in [0, 0.05) is 59.4 Å². The quantitative estimate of drug-likeness (QED) is 0.574. The topological polar surface area (TPSA) is 52.6 Å². The van der Waals surface area contributed by atoms with E-state index in [9.17, 15) is 0 Å². The average Bonchev–Trinajstić information content (AvgIpc) is 2.74. The maximum atomic E-state index is 5.49. The number of guanidine groups is 1. The second-order valence-electron chi connectivity index (χ2n) is 8.28. The molecule has 1 atom stereocenters. The van der Waals surface area contributed by atoms with Crippen LogP contribution in [-0.2, 0) is 13.0 Å². The van der Waals surface area contributed by atoms with E-state index in [4.69, 9.17) is 9.47 Å². The van der Waals surface area contributed by atoms with Crippen molar-refractivity contribution < 1.29 is 9.47 Å². The van der Waals surface area contributed by atoms with Gasteiger partial charge in [-0.3, -0.25) is 4.99 Å². The van der Waals surface area contributed by atoms with E-state index in [2.05, 4.69) is 51.1 Å². The highest BCUT2D eigenvalue weighted by Gasteiger charge is 2.22. The van der Waals surface area contributed by atoms with E-state index in [1.165, 1.54) is 37.3 Å². The molecule has 1 N–H and O–H groups in total. The molecule has 2 aliphatic heterocycles. The summed E-state index contributed by atoms with van der Waals surface area (Å²) in [6.07, 6.45) is 0.979. The van der Waals surface area contributed by atoms with Gasteiger partial charge < -0.3 is 29.5 Å². The Balaban J connectivity index is 1.54. The molecular formula is C22H37N5O2. The highest BCUT2D eigenvalue weighted by atomic mass is 16.5. The number of methoxy groups -OCH3 is 2. The molecule has 2 heterocycles. The van der Waals surface area contributed by atoms with Gasteiger partial charge in [-0.05, 0) is 42.6 Å². The molecule has 0 spiro atoms. The summed E-state index contributed by atoms with van der Waals surface area (Å²) in [5, 5.41) is 3.60. The minimum atomic E-state index is 0.580. The van der Waals surface area contributed by atoms with Gasteiger partial charge in [-0.2, -0.15) is 0 Å². The van der Waals surface area contributed by atoms with Crippen molar-refractivity contribution in [3.8, 4) is 11.5 Å². The fraction of sp³-hybridized carbons (Fsp3) is 0.682. The standard InChI is InChI=1S/C22H37N5O2/c1-17(15-26-10-8-25(3)9-11-26)14-24-22(23-2)27-7-6-18-12-20(28-4)21(29-5)13-19(18)16-27/h12-13,17H,6-11,14-16H2,1-5H3,(H,23,24). The minimum Gasteiger partial charge on any atom is -0.493 e. The lowest BCUT2D eigenvalue weighted by atomic mass is 9.99. The van der Waals surface area contributed by atoms with E-state index < -0.39 is 0 Å². The summed E-state index contributed by atoms with van der Waals surface area (Å²) < 4.78 is 10.9. The smallest absolute Gasteiger partial charge is 0.193 e. The second-order valence-corrected chi connectivity index (χ2v) is 8.28. The minimum absolute atomic E-state index is 0.580. The molecule has 1 saturated heterocycles. The predicted molar refractivity (Wildman–Crippen MR) is 118 cm³/mol. The fourth-order valence-electron chi connectivity index (χ4n) is 4.20. The van der Waals surface area contributed by atoms with Crippen LogP contribution in [0, 0.1) is 5.92 Å². The number of likely N-dealkylation sites (N-methyl/N-ethyl adjacent to an activating group) is 1. The molecule has 0 amide bonds. The molecule has 3 rings (SSSR count). The molecular weight excluding hydrogens is 366 g/mol. The summed E-state index contributed by atoms with van der Waals surface area (Å²) in [7, 11) is 7.45. The van der Waals surface area contributed by atoms with Crippen molar-refractivity contribution in [3.63, 3.8) is 0 Å². The van der Waals surface area contributed by atoms with Gasteiger partial charge in [-0.1, -0.05) is 6.92 Å². The van der Waals surface area contributed by atoms with Crippen LogP contribution in [0.4, 0.5) is 0 Å². The number of rotatable bonds is 6. The lowest BCUT2D eigenvalue weighted by Crippen LogP contribution is -2.48. The van der Waals surface area contributed by atoms with Crippen LogP contribution >= 0.6 is 0 Å². The molecule has 1 aromatic carbocycles. The maximum Gasteiger partial charge on any atom is 0.193 e. The third kappa shape index (κ3) is 5.54. The Kier molecular flexibility index (Phi) is 7.61. The molecule has 7 nitrogen and oxygen atoms in total. The first kappa shape index (κ1) is 21.7. The molecule has 0 saturated carbocycles. The first-order chi connectivity index (χ1) is 14.0. The Labute approximate surface area is 175 Å². The largest absolute Gasteiger partial charge is 0.493 e. The van der Waals surface area contributed by atoms with Crippen LogP contribution < -0.4 is 14.8 Å². The number of nitrogens with zero attached hydrogens (tertiary/aromatic N) is 4. The highest BCUT2D eigenvalue weighted by Crippen LogP contribution is 2.33. The number of nitrogens with one attached hydrogen (secondary N) is 1. The number of hydrogen-bond donors (Lipinski definition) is 1. The third-order valence-corrected chi connectivity index (χ3v) is 6.00. The van der Waals surface area contributed by atoms with E-state index in [0.717, 1.165) is 50.1 Å². The van der Waals surface area contributed by atoms with Gasteiger partial charge in [-0.25, -0.2) is 0 Å². The van der Waals surface area contributed by atoms with Crippen LogP contribution in [0.25, 0.3) is 0 Å². The first-order valence-electron chi connectivity index (χ1n) is 10.6. The van der Waals surface area contributed by atoms with E-state index in [1.54, 1.807) is 14.2 Å². The number of benzene rings is 1. The van der Waals surface area contributed by atoms with Gasteiger partial charge >= 0.3 is 0 Å². The van der Waals surface area contributed by atoms with Crippen LogP contribution in [0.1, 0.15) is 18.1 Å². The number of hydrogen-bond acceptors (Lipinski definition) is 5. The van der Waals surface area contributed by atoms with Crippen LogP contribution in [0.3, 0.4) is 0 Å². The Hall–Kier alpha value is -1.99. The average molecular weight is 404 g/mol. The summed E-state index contributed by atoms with van der Waals surface area (Å²) >= 11 is 0. The summed E-state index contributed by atoms with van der Waals surface area (Å²) in [4.78, 5) is 11.9. The van der Waals surface area contributed by atoms with E-state index in [1.807, 2.05) is 7.05 Å². The number of fused-ring (bicyclic) bond motifs is 1. The summed E-state index contributed by atoms with van der Waals surface area (Å²) in [6, 6.07) is 4.21. The molecule has 162 valence electrons. The maximum absolute atomic E-state index is 5.49. The van der Waals surface area contributed by atoms with Gasteiger partial charge in [-0.15, -0.1) is 0 Å². The van der Waals surface area contributed by atoms with Crippen LogP contribution in [-0.4, -0.2) is 94.8 Å². The molecule has 29 heavy (non-hydrogen) atoms. The lowest BCUT2D eigenvalue weighted by Gasteiger charge is -2.35. The SMILES string of the molecule is CN=C(NCC(C)CN1CCN(C)CC1)N1CCc2cc(OC)c(OC)cc2C1. The van der Waals surface area contributed by atoms with Gasteiger partial charge in [0.2, 0.25) is 0 Å². The summed E-state index contributed by atoms with van der Waals surface area (Å²) in [6.45, 7) is 10.9. The molecule has 0 aliphatic carbocycles. The molecule has 1 aromatic rings. The van der Waals surface area contributed by atoms with Crippen molar-refractivity contribution in [2.24, 2.45) is 10.9 Å². The van der Waals surface area contributed by atoms with Gasteiger partial charge in [0.1, 0.15) is 0 Å². The van der Waals surface area contributed by atoms with Crippen molar-refractivity contribution in [1.29, 1.82) is 0 Å². The molecule has 2 aliphatic rings. The first-order valence-corrected chi connectivity index (χ1v) is 10.6.